The van der Waals surface area contributed by atoms with Gasteiger partial charge < -0.3 is 10.1 Å². The predicted molar refractivity (Wildman–Crippen MR) is 95.0 cm³/mol. The summed E-state index contributed by atoms with van der Waals surface area (Å²) in [5.41, 5.74) is -2.69. The zero-order chi connectivity index (χ0) is 20.5. The van der Waals surface area contributed by atoms with E-state index in [4.69, 9.17) is 4.74 Å². The summed E-state index contributed by atoms with van der Waals surface area (Å²) >= 11 is 0. The fourth-order valence-corrected chi connectivity index (χ4v) is 3.24. The maximum absolute atomic E-state index is 13.2. The molecule has 2 fully saturated rings. The molecule has 0 atom stereocenters. The van der Waals surface area contributed by atoms with Crippen LogP contribution in [0.15, 0.2) is 10.9 Å². The molecule has 0 unspecified atom stereocenters. The molecule has 3 rings (SSSR count). The Morgan fingerprint density at radius 3 is 2.50 bits per heavy atom. The van der Waals surface area contributed by atoms with Gasteiger partial charge in [-0.15, -0.1) is 0 Å². The van der Waals surface area contributed by atoms with Gasteiger partial charge in [0.25, 0.3) is 5.56 Å². The molecule has 1 N–H and O–H groups in total. The number of carbonyl (C=O) groups excluding carboxylic acids is 1. The van der Waals surface area contributed by atoms with Gasteiger partial charge in [0.05, 0.1) is 18.9 Å². The first-order valence-corrected chi connectivity index (χ1v) is 9.37. The number of ether oxygens (including phenoxy) is 1. The number of alkyl halides is 3. The first kappa shape index (κ1) is 20.8. The van der Waals surface area contributed by atoms with Crippen LogP contribution in [-0.2, 0) is 22.3 Å². The minimum Gasteiger partial charge on any atom is -0.379 e. The second-order valence-electron chi connectivity index (χ2n) is 7.91. The van der Waals surface area contributed by atoms with Crippen LogP contribution in [0.1, 0.15) is 43.9 Å². The highest BCUT2D eigenvalue weighted by Gasteiger charge is 2.38. The van der Waals surface area contributed by atoms with Gasteiger partial charge in [-0.1, -0.05) is 0 Å². The van der Waals surface area contributed by atoms with Crippen molar-refractivity contribution in [3.8, 4) is 0 Å². The molecule has 28 heavy (non-hydrogen) atoms. The van der Waals surface area contributed by atoms with Gasteiger partial charge in [0.1, 0.15) is 12.1 Å². The third kappa shape index (κ3) is 4.91. The number of hydrogen-bond acceptors (Lipinski definition) is 5. The summed E-state index contributed by atoms with van der Waals surface area (Å²) in [5.74, 6) is -0.617. The number of halogens is 3. The lowest BCUT2D eigenvalue weighted by Gasteiger charge is -2.40. The SMILES string of the molecule is CC(C)(CNC(=O)Cn1nc(C2CC2)cc(C(F)(F)F)c1=O)N1CCOCC1. The standard InChI is InChI=1S/C18H25F3N4O3/c1-17(2,24-5-7-28-8-6-24)11-22-15(26)10-25-16(27)13(18(19,20)21)9-14(23-25)12-3-4-12/h9,12H,3-8,10-11H2,1-2H3,(H,22,26). The molecule has 0 spiro atoms. The fraction of sp³-hybridized carbons (Fsp3) is 0.722. The summed E-state index contributed by atoms with van der Waals surface area (Å²) in [7, 11) is 0. The van der Waals surface area contributed by atoms with Crippen molar-refractivity contribution in [3.05, 3.63) is 27.7 Å². The number of amides is 1. The normalized spacial score (nSPS) is 18.9. The number of carbonyl (C=O) groups is 1. The van der Waals surface area contributed by atoms with Crippen LogP contribution in [0.4, 0.5) is 13.2 Å². The second kappa shape index (κ2) is 7.82. The molecule has 0 aromatic carbocycles. The first-order valence-electron chi connectivity index (χ1n) is 9.37. The van der Waals surface area contributed by atoms with Gasteiger partial charge >= 0.3 is 6.18 Å². The first-order chi connectivity index (χ1) is 13.1. The number of hydrogen-bond donors (Lipinski definition) is 1. The van der Waals surface area contributed by atoms with Crippen molar-refractivity contribution in [2.24, 2.45) is 0 Å². The Bertz CT molecular complexity index is 781. The minimum absolute atomic E-state index is 0.0729. The molecule has 7 nitrogen and oxygen atoms in total. The van der Waals surface area contributed by atoms with Crippen molar-refractivity contribution in [3.63, 3.8) is 0 Å². The third-order valence-corrected chi connectivity index (χ3v) is 5.17. The summed E-state index contributed by atoms with van der Waals surface area (Å²) in [6, 6.07) is 0.815. The van der Waals surface area contributed by atoms with Crippen LogP contribution in [0.25, 0.3) is 0 Å². The van der Waals surface area contributed by atoms with E-state index in [1.807, 2.05) is 13.8 Å². The fourth-order valence-electron chi connectivity index (χ4n) is 3.24. The number of nitrogens with one attached hydrogen (secondary N) is 1. The Morgan fingerprint density at radius 1 is 1.29 bits per heavy atom. The Hall–Kier alpha value is -1.94. The molecular weight excluding hydrogens is 377 g/mol. The second-order valence-corrected chi connectivity index (χ2v) is 7.91. The van der Waals surface area contributed by atoms with Crippen LogP contribution >= 0.6 is 0 Å². The monoisotopic (exact) mass is 402 g/mol. The zero-order valence-electron chi connectivity index (χ0n) is 16.0. The lowest BCUT2D eigenvalue weighted by Crippen LogP contribution is -2.55. The molecule has 1 saturated heterocycles. The largest absolute Gasteiger partial charge is 0.421 e. The lowest BCUT2D eigenvalue weighted by molar-refractivity contribution is -0.139. The lowest BCUT2D eigenvalue weighted by atomic mass is 10.0. The van der Waals surface area contributed by atoms with Crippen LogP contribution in [0, 0.1) is 0 Å². The number of rotatable bonds is 6. The minimum atomic E-state index is -4.78. The smallest absolute Gasteiger partial charge is 0.379 e. The zero-order valence-corrected chi connectivity index (χ0v) is 16.0. The number of morpholine rings is 1. The van der Waals surface area contributed by atoms with Gasteiger partial charge in [-0.2, -0.15) is 18.3 Å². The average molecular weight is 402 g/mol. The van der Waals surface area contributed by atoms with E-state index in [2.05, 4.69) is 15.3 Å². The highest BCUT2D eigenvalue weighted by Crippen LogP contribution is 2.40. The predicted octanol–water partition coefficient (Wildman–Crippen LogP) is 1.37. The topological polar surface area (TPSA) is 76.5 Å². The molecule has 2 aliphatic rings. The maximum atomic E-state index is 13.2. The summed E-state index contributed by atoms with van der Waals surface area (Å²) in [5, 5.41) is 6.72. The van der Waals surface area contributed by atoms with E-state index in [1.165, 1.54) is 0 Å². The van der Waals surface area contributed by atoms with Crippen LogP contribution in [-0.4, -0.2) is 59.0 Å². The average Bonchev–Trinajstić information content (AvgIpc) is 3.47. The van der Waals surface area contributed by atoms with Crippen molar-refractivity contribution in [2.75, 3.05) is 32.8 Å². The van der Waals surface area contributed by atoms with E-state index in [1.54, 1.807) is 0 Å². The van der Waals surface area contributed by atoms with Crippen LogP contribution in [0.5, 0.6) is 0 Å². The quantitative estimate of drug-likeness (QED) is 0.778. The summed E-state index contributed by atoms with van der Waals surface area (Å²) in [6.45, 7) is 6.41. The Labute approximate surface area is 160 Å². The summed E-state index contributed by atoms with van der Waals surface area (Å²) in [6.07, 6.45) is -3.30. The van der Waals surface area contributed by atoms with Gasteiger partial charge in [0.2, 0.25) is 5.91 Å². The van der Waals surface area contributed by atoms with Gasteiger partial charge in [-0.3, -0.25) is 14.5 Å². The van der Waals surface area contributed by atoms with Gasteiger partial charge in [-0.05, 0) is 32.8 Å². The molecule has 10 heteroatoms. The molecule has 1 aromatic rings. The molecule has 1 amide bonds. The van der Waals surface area contributed by atoms with Crippen LogP contribution < -0.4 is 10.9 Å². The molecule has 1 aromatic heterocycles. The van der Waals surface area contributed by atoms with Crippen molar-refractivity contribution >= 4 is 5.91 Å². The molecular formula is C18H25F3N4O3. The molecule has 1 aliphatic heterocycles. The molecule has 0 bridgehead atoms. The number of nitrogens with zero attached hydrogens (tertiary/aromatic N) is 3. The van der Waals surface area contributed by atoms with Gasteiger partial charge in [-0.25, -0.2) is 4.68 Å². The highest BCUT2D eigenvalue weighted by atomic mass is 19.4. The van der Waals surface area contributed by atoms with E-state index in [0.717, 1.165) is 32.0 Å². The van der Waals surface area contributed by atoms with Crippen molar-refractivity contribution in [1.29, 1.82) is 0 Å². The van der Waals surface area contributed by atoms with E-state index >= 15 is 0 Å². The van der Waals surface area contributed by atoms with Crippen molar-refractivity contribution in [2.45, 2.75) is 50.9 Å². The van der Waals surface area contributed by atoms with E-state index in [9.17, 15) is 22.8 Å². The highest BCUT2D eigenvalue weighted by molar-refractivity contribution is 5.75. The molecule has 2 heterocycles. The summed E-state index contributed by atoms with van der Waals surface area (Å²) in [4.78, 5) is 26.7. The van der Waals surface area contributed by atoms with Crippen LogP contribution in [0.2, 0.25) is 0 Å². The molecule has 156 valence electrons. The molecule has 1 aliphatic carbocycles. The maximum Gasteiger partial charge on any atom is 0.421 e. The Morgan fingerprint density at radius 2 is 1.93 bits per heavy atom. The van der Waals surface area contributed by atoms with Crippen molar-refractivity contribution < 1.29 is 22.7 Å². The van der Waals surface area contributed by atoms with Gasteiger partial charge in [0, 0.05) is 31.1 Å². The summed E-state index contributed by atoms with van der Waals surface area (Å²) < 4.78 is 45.5. The third-order valence-electron chi connectivity index (χ3n) is 5.17. The Balaban J connectivity index is 1.69. The van der Waals surface area contributed by atoms with Crippen molar-refractivity contribution in [1.82, 2.24) is 20.0 Å². The van der Waals surface area contributed by atoms with E-state index in [-0.39, 0.29) is 17.2 Å². The number of aromatic nitrogens is 2. The molecule has 1 saturated carbocycles. The van der Waals surface area contributed by atoms with E-state index < -0.39 is 29.8 Å². The van der Waals surface area contributed by atoms with Gasteiger partial charge in [0.15, 0.2) is 0 Å². The Kier molecular flexibility index (Phi) is 5.81. The van der Waals surface area contributed by atoms with E-state index in [0.29, 0.717) is 24.4 Å². The van der Waals surface area contributed by atoms with Crippen LogP contribution in [0.3, 0.4) is 0 Å². The molecule has 0 radical (unpaired) electrons.